The molecule has 1 aliphatic carbocycles. The first-order valence-corrected chi connectivity index (χ1v) is 5.93. The van der Waals surface area contributed by atoms with Crippen molar-refractivity contribution < 1.29 is 9.53 Å². The van der Waals surface area contributed by atoms with Crippen LogP contribution in [-0.2, 0) is 9.53 Å². The van der Waals surface area contributed by atoms with Crippen LogP contribution in [0.25, 0.3) is 0 Å². The molecule has 0 radical (unpaired) electrons. The lowest BCUT2D eigenvalue weighted by Crippen LogP contribution is -2.34. The van der Waals surface area contributed by atoms with Gasteiger partial charge >= 0.3 is 5.97 Å². The number of methoxy groups -OCH3 is 1. The van der Waals surface area contributed by atoms with Gasteiger partial charge in [-0.2, -0.15) is 0 Å². The predicted octanol–water partition coefficient (Wildman–Crippen LogP) is 2.57. The van der Waals surface area contributed by atoms with Crippen LogP contribution in [0.2, 0.25) is 0 Å². The molecule has 1 fully saturated rings. The van der Waals surface area contributed by atoms with E-state index in [0.717, 1.165) is 0 Å². The van der Waals surface area contributed by atoms with Gasteiger partial charge in [0.15, 0.2) is 0 Å². The quantitative estimate of drug-likeness (QED) is 0.546. The molecule has 0 aromatic carbocycles. The fourth-order valence-electron chi connectivity index (χ4n) is 2.16. The van der Waals surface area contributed by atoms with Crippen LogP contribution in [0, 0.1) is 5.41 Å². The van der Waals surface area contributed by atoms with E-state index in [2.05, 4.69) is 23.5 Å². The number of ether oxygens (including phenoxy) is 1. The van der Waals surface area contributed by atoms with Gasteiger partial charge in [-0.25, -0.2) is 4.79 Å². The lowest BCUT2D eigenvalue weighted by atomic mass is 9.75. The number of hydrogen-bond acceptors (Lipinski definition) is 3. The second-order valence-electron chi connectivity index (χ2n) is 5.40. The summed E-state index contributed by atoms with van der Waals surface area (Å²) in [5.74, 6) is -0.289. The number of hydrogen-bond donors (Lipinski definition) is 0. The molecule has 0 aromatic heterocycles. The molecule has 3 heteroatoms. The van der Waals surface area contributed by atoms with Gasteiger partial charge in [0.05, 0.1) is 7.11 Å². The van der Waals surface area contributed by atoms with Gasteiger partial charge in [0.1, 0.15) is 0 Å². The lowest BCUT2D eigenvalue weighted by Gasteiger charge is -2.38. The monoisotopic (exact) mass is 225 g/mol. The molecule has 0 aliphatic heterocycles. The van der Waals surface area contributed by atoms with Crippen LogP contribution in [0.5, 0.6) is 0 Å². The number of nitrogens with zero attached hydrogens (tertiary/aromatic N) is 1. The zero-order valence-corrected chi connectivity index (χ0v) is 10.8. The second kappa shape index (κ2) is 5.37. The summed E-state index contributed by atoms with van der Waals surface area (Å²) in [4.78, 5) is 13.1. The molecule has 92 valence electrons. The topological polar surface area (TPSA) is 29.5 Å². The summed E-state index contributed by atoms with van der Waals surface area (Å²) in [5.41, 5.74) is 0.489. The predicted molar refractivity (Wildman–Crippen MR) is 65.0 cm³/mol. The van der Waals surface area contributed by atoms with E-state index < -0.39 is 0 Å². The summed E-state index contributed by atoms with van der Waals surface area (Å²) in [5, 5.41) is 0. The molecule has 16 heavy (non-hydrogen) atoms. The first-order valence-electron chi connectivity index (χ1n) is 5.93. The number of rotatable bonds is 3. The van der Waals surface area contributed by atoms with E-state index in [4.69, 9.17) is 0 Å². The Morgan fingerprint density at radius 2 is 1.94 bits per heavy atom. The first kappa shape index (κ1) is 13.1. The minimum Gasteiger partial charge on any atom is -0.466 e. The third-order valence-corrected chi connectivity index (χ3v) is 3.53. The zero-order valence-electron chi connectivity index (χ0n) is 10.8. The van der Waals surface area contributed by atoms with Crippen LogP contribution >= 0.6 is 0 Å². The van der Waals surface area contributed by atoms with Gasteiger partial charge in [0.2, 0.25) is 0 Å². The van der Waals surface area contributed by atoms with E-state index in [1.54, 1.807) is 0 Å². The molecular formula is C13H23NO2. The minimum atomic E-state index is -0.289. The van der Waals surface area contributed by atoms with Gasteiger partial charge in [-0.15, -0.1) is 0 Å². The highest BCUT2D eigenvalue weighted by atomic mass is 16.5. The molecule has 0 aromatic rings. The molecule has 0 spiro atoms. The van der Waals surface area contributed by atoms with Gasteiger partial charge in [-0.05, 0) is 31.1 Å². The van der Waals surface area contributed by atoms with Crippen LogP contribution in [-0.4, -0.2) is 31.1 Å². The Kier molecular flexibility index (Phi) is 4.39. The van der Waals surface area contributed by atoms with Crippen molar-refractivity contribution in [3.05, 3.63) is 12.3 Å². The Labute approximate surface area is 98.5 Å². The summed E-state index contributed by atoms with van der Waals surface area (Å²) in [6.07, 6.45) is 8.24. The van der Waals surface area contributed by atoms with Gasteiger partial charge in [-0.1, -0.05) is 13.8 Å². The highest BCUT2D eigenvalue weighted by Gasteiger charge is 2.27. The van der Waals surface area contributed by atoms with Crippen LogP contribution in [0.3, 0.4) is 0 Å². The van der Waals surface area contributed by atoms with Gasteiger partial charge < -0.3 is 9.64 Å². The standard InChI is InChI=1S/C13H23NO2/c1-13(2)8-5-11(6-9-13)14(3)10-7-12(15)16-4/h7,10-11H,5-6,8-9H2,1-4H3. The summed E-state index contributed by atoms with van der Waals surface area (Å²) < 4.78 is 4.57. The first-order chi connectivity index (χ1) is 7.44. The van der Waals surface area contributed by atoms with Gasteiger partial charge in [0.25, 0.3) is 0 Å². The van der Waals surface area contributed by atoms with Gasteiger partial charge in [-0.3, -0.25) is 0 Å². The molecule has 0 heterocycles. The van der Waals surface area contributed by atoms with Crippen molar-refractivity contribution in [1.29, 1.82) is 0 Å². The Morgan fingerprint density at radius 3 is 2.44 bits per heavy atom. The molecule has 0 saturated heterocycles. The molecule has 0 N–H and O–H groups in total. The van der Waals surface area contributed by atoms with Crippen LogP contribution in [0.15, 0.2) is 12.3 Å². The average molecular weight is 225 g/mol. The molecule has 1 aliphatic rings. The van der Waals surface area contributed by atoms with Crippen molar-refractivity contribution in [3.63, 3.8) is 0 Å². The summed E-state index contributed by atoms with van der Waals surface area (Å²) in [6.45, 7) is 4.65. The maximum Gasteiger partial charge on any atom is 0.331 e. The van der Waals surface area contributed by atoms with Crippen molar-refractivity contribution in [2.45, 2.75) is 45.6 Å². The van der Waals surface area contributed by atoms with Crippen LogP contribution in [0.4, 0.5) is 0 Å². The van der Waals surface area contributed by atoms with E-state index >= 15 is 0 Å². The molecule has 0 atom stereocenters. The van der Waals surface area contributed by atoms with E-state index in [-0.39, 0.29) is 5.97 Å². The summed E-state index contributed by atoms with van der Waals surface area (Å²) >= 11 is 0. The third kappa shape index (κ3) is 3.87. The number of esters is 1. The number of carbonyl (C=O) groups excluding carboxylic acids is 1. The van der Waals surface area contributed by atoms with E-state index in [1.165, 1.54) is 38.9 Å². The molecule has 0 unspecified atom stereocenters. The van der Waals surface area contributed by atoms with Crippen molar-refractivity contribution in [3.8, 4) is 0 Å². The fourth-order valence-corrected chi connectivity index (χ4v) is 2.16. The Balaban J connectivity index is 2.41. The molecule has 3 nitrogen and oxygen atoms in total. The van der Waals surface area contributed by atoms with Gasteiger partial charge in [0, 0.05) is 25.4 Å². The largest absolute Gasteiger partial charge is 0.466 e. The maximum absolute atomic E-state index is 11.0. The summed E-state index contributed by atoms with van der Waals surface area (Å²) in [6, 6.07) is 0.564. The van der Waals surface area contributed by atoms with E-state index in [1.807, 2.05) is 13.2 Å². The van der Waals surface area contributed by atoms with Crippen molar-refractivity contribution in [2.75, 3.05) is 14.2 Å². The Bertz CT molecular complexity index is 261. The van der Waals surface area contributed by atoms with Crippen LogP contribution < -0.4 is 0 Å². The third-order valence-electron chi connectivity index (χ3n) is 3.53. The fraction of sp³-hybridized carbons (Fsp3) is 0.769. The highest BCUT2D eigenvalue weighted by molar-refractivity contribution is 5.81. The molecule has 1 rings (SSSR count). The molecule has 1 saturated carbocycles. The van der Waals surface area contributed by atoms with Crippen molar-refractivity contribution >= 4 is 5.97 Å². The highest BCUT2D eigenvalue weighted by Crippen LogP contribution is 2.36. The molecular weight excluding hydrogens is 202 g/mol. The zero-order chi connectivity index (χ0) is 12.2. The van der Waals surface area contributed by atoms with E-state index in [9.17, 15) is 4.79 Å². The van der Waals surface area contributed by atoms with Crippen molar-refractivity contribution in [2.24, 2.45) is 5.41 Å². The Morgan fingerprint density at radius 1 is 1.38 bits per heavy atom. The second-order valence-corrected chi connectivity index (χ2v) is 5.40. The van der Waals surface area contributed by atoms with E-state index in [0.29, 0.717) is 11.5 Å². The lowest BCUT2D eigenvalue weighted by molar-refractivity contribution is -0.134. The normalized spacial score (nSPS) is 21.0. The molecule has 0 amide bonds. The minimum absolute atomic E-state index is 0.289. The maximum atomic E-state index is 11.0. The summed E-state index contributed by atoms with van der Waals surface area (Å²) in [7, 11) is 3.43. The smallest absolute Gasteiger partial charge is 0.331 e. The average Bonchev–Trinajstić information content (AvgIpc) is 2.25. The van der Waals surface area contributed by atoms with Crippen molar-refractivity contribution in [1.82, 2.24) is 4.90 Å². The Hall–Kier alpha value is -0.990. The number of carbonyl (C=O) groups is 1. The van der Waals surface area contributed by atoms with Crippen LogP contribution in [0.1, 0.15) is 39.5 Å². The molecule has 0 bridgehead atoms. The SMILES string of the molecule is COC(=O)C=CN(C)C1CCC(C)(C)CC1.